The van der Waals surface area contributed by atoms with Crippen LogP contribution in [0, 0.1) is 12.7 Å². The van der Waals surface area contributed by atoms with E-state index in [1.807, 2.05) is 0 Å². The fraction of sp³-hybridized carbons (Fsp3) is 0.227. The second-order valence-corrected chi connectivity index (χ2v) is 7.73. The van der Waals surface area contributed by atoms with Gasteiger partial charge in [0.25, 0.3) is 0 Å². The fourth-order valence-electron chi connectivity index (χ4n) is 3.92. The third kappa shape index (κ3) is 3.46. The smallest absolute Gasteiger partial charge is 0.351 e. The van der Waals surface area contributed by atoms with E-state index in [9.17, 15) is 22.4 Å². The van der Waals surface area contributed by atoms with Crippen molar-refractivity contribution in [2.75, 3.05) is 0 Å². The largest absolute Gasteiger partial charge is 0.416 e. The van der Waals surface area contributed by atoms with Gasteiger partial charge in [-0.3, -0.25) is 4.79 Å². The molecule has 0 saturated heterocycles. The van der Waals surface area contributed by atoms with Gasteiger partial charge in [-0.1, -0.05) is 12.1 Å². The van der Waals surface area contributed by atoms with Crippen LogP contribution in [0.15, 0.2) is 47.3 Å². The van der Waals surface area contributed by atoms with Gasteiger partial charge in [-0.2, -0.15) is 13.2 Å². The van der Waals surface area contributed by atoms with Crippen molar-refractivity contribution in [3.05, 3.63) is 81.0 Å². The summed E-state index contributed by atoms with van der Waals surface area (Å²) in [7, 11) is 0. The highest BCUT2D eigenvalue weighted by Crippen LogP contribution is 2.31. The Hall–Kier alpha value is -3.53. The van der Waals surface area contributed by atoms with E-state index in [0.717, 1.165) is 12.1 Å². The number of benzene rings is 2. The zero-order valence-electron chi connectivity index (χ0n) is 16.8. The highest BCUT2D eigenvalue weighted by atomic mass is 19.4. The van der Waals surface area contributed by atoms with E-state index in [1.54, 1.807) is 11.6 Å². The van der Waals surface area contributed by atoms with Gasteiger partial charge in [0.15, 0.2) is 11.3 Å². The number of nitrogens with one attached hydrogen (secondary N) is 2. The second-order valence-electron chi connectivity index (χ2n) is 7.73. The minimum atomic E-state index is -4.38. The van der Waals surface area contributed by atoms with Crippen molar-refractivity contribution in [2.24, 2.45) is 0 Å². The predicted octanol–water partition coefficient (Wildman–Crippen LogP) is 4.10. The van der Waals surface area contributed by atoms with Crippen molar-refractivity contribution >= 4 is 10.9 Å². The van der Waals surface area contributed by atoms with Gasteiger partial charge in [0.2, 0.25) is 0 Å². The maximum atomic E-state index is 13.5. The number of pyridine rings is 1. The predicted molar refractivity (Wildman–Crippen MR) is 109 cm³/mol. The van der Waals surface area contributed by atoms with Crippen molar-refractivity contribution in [2.45, 2.75) is 32.2 Å². The summed E-state index contributed by atoms with van der Waals surface area (Å²) < 4.78 is 53.7. The van der Waals surface area contributed by atoms with Gasteiger partial charge in [0.05, 0.1) is 35.9 Å². The molecule has 1 aliphatic rings. The van der Waals surface area contributed by atoms with Crippen LogP contribution in [0.4, 0.5) is 17.6 Å². The van der Waals surface area contributed by atoms with Crippen LogP contribution in [0.2, 0.25) is 0 Å². The Balaban J connectivity index is 1.47. The molecule has 0 fully saturated rings. The molecule has 2 aromatic heterocycles. The Bertz CT molecular complexity index is 1390. The topological polar surface area (TPSA) is 75.6 Å². The molecule has 0 bridgehead atoms. The zero-order chi connectivity index (χ0) is 22.6. The summed E-state index contributed by atoms with van der Waals surface area (Å²) in [5, 5.41) is 8.03. The Labute approximate surface area is 178 Å². The molecule has 1 atom stereocenters. The lowest BCUT2D eigenvalue weighted by Crippen LogP contribution is -2.33. The first-order chi connectivity index (χ1) is 15.2. The van der Waals surface area contributed by atoms with E-state index in [2.05, 4.69) is 20.4 Å². The number of hydrogen-bond acceptors (Lipinski definition) is 4. The van der Waals surface area contributed by atoms with Crippen LogP contribution in [0.25, 0.3) is 22.4 Å². The van der Waals surface area contributed by atoms with Crippen LogP contribution in [-0.2, 0) is 19.3 Å². The summed E-state index contributed by atoms with van der Waals surface area (Å²) in [5.41, 5.74) is 1.00. The van der Waals surface area contributed by atoms with Crippen molar-refractivity contribution in [3.8, 4) is 11.5 Å². The van der Waals surface area contributed by atoms with Crippen LogP contribution in [0.3, 0.4) is 0 Å². The van der Waals surface area contributed by atoms with E-state index in [0.29, 0.717) is 47.1 Å². The molecular weight excluding hydrogens is 426 g/mol. The van der Waals surface area contributed by atoms with Crippen molar-refractivity contribution < 1.29 is 17.6 Å². The van der Waals surface area contributed by atoms with Gasteiger partial charge in [0.1, 0.15) is 11.6 Å². The summed E-state index contributed by atoms with van der Waals surface area (Å²) in [6.07, 6.45) is -4.38. The standard InChI is InChI=1S/C22H17F4N5O/c1-11-19(28-16-7-6-14(23)8-15(16)20(11)32)21-29-18-9-27-17(10-31(18)30-21)12-2-4-13(5-3-12)22(24,25)26/h2-8,17,27H,9-10H2,1H3,(H,28,32). The van der Waals surface area contributed by atoms with Gasteiger partial charge < -0.3 is 10.3 Å². The molecule has 32 heavy (non-hydrogen) atoms. The summed E-state index contributed by atoms with van der Waals surface area (Å²) in [6.45, 7) is 2.36. The Morgan fingerprint density at radius 1 is 1.12 bits per heavy atom. The number of H-pyrrole nitrogens is 1. The fourth-order valence-corrected chi connectivity index (χ4v) is 3.92. The van der Waals surface area contributed by atoms with Gasteiger partial charge in [0, 0.05) is 10.9 Å². The Morgan fingerprint density at radius 3 is 2.59 bits per heavy atom. The monoisotopic (exact) mass is 443 g/mol. The first-order valence-electron chi connectivity index (χ1n) is 9.87. The third-order valence-electron chi connectivity index (χ3n) is 5.68. The first-order valence-corrected chi connectivity index (χ1v) is 9.87. The van der Waals surface area contributed by atoms with Crippen LogP contribution in [0.5, 0.6) is 0 Å². The number of aromatic amines is 1. The molecule has 1 aliphatic heterocycles. The van der Waals surface area contributed by atoms with Gasteiger partial charge >= 0.3 is 6.18 Å². The van der Waals surface area contributed by atoms with Crippen LogP contribution in [-0.4, -0.2) is 19.7 Å². The zero-order valence-corrected chi connectivity index (χ0v) is 16.8. The number of fused-ring (bicyclic) bond motifs is 2. The molecule has 1 unspecified atom stereocenters. The number of nitrogens with zero attached hydrogens (tertiary/aromatic N) is 3. The average Bonchev–Trinajstić information content (AvgIpc) is 3.19. The van der Waals surface area contributed by atoms with E-state index in [1.165, 1.54) is 30.3 Å². The molecule has 10 heteroatoms. The van der Waals surface area contributed by atoms with Gasteiger partial charge in [-0.05, 0) is 42.8 Å². The van der Waals surface area contributed by atoms with Crippen molar-refractivity contribution in [1.29, 1.82) is 0 Å². The number of hydrogen-bond donors (Lipinski definition) is 2. The molecule has 164 valence electrons. The third-order valence-corrected chi connectivity index (χ3v) is 5.68. The maximum absolute atomic E-state index is 13.5. The lowest BCUT2D eigenvalue weighted by atomic mass is 10.0. The summed E-state index contributed by atoms with van der Waals surface area (Å²) in [4.78, 5) is 20.3. The van der Waals surface area contributed by atoms with Crippen LogP contribution >= 0.6 is 0 Å². The maximum Gasteiger partial charge on any atom is 0.416 e. The quantitative estimate of drug-likeness (QED) is 0.458. The molecule has 6 nitrogen and oxygen atoms in total. The number of aromatic nitrogens is 4. The van der Waals surface area contributed by atoms with E-state index in [-0.39, 0.29) is 16.9 Å². The van der Waals surface area contributed by atoms with E-state index < -0.39 is 17.6 Å². The molecule has 2 N–H and O–H groups in total. The average molecular weight is 443 g/mol. The molecule has 2 aromatic carbocycles. The molecule has 5 rings (SSSR count). The van der Waals surface area contributed by atoms with Crippen molar-refractivity contribution in [3.63, 3.8) is 0 Å². The molecule has 4 aromatic rings. The highest BCUT2D eigenvalue weighted by molar-refractivity contribution is 5.82. The molecule has 0 radical (unpaired) electrons. The highest BCUT2D eigenvalue weighted by Gasteiger charge is 2.31. The molecule has 0 amide bonds. The molecule has 0 spiro atoms. The van der Waals surface area contributed by atoms with Gasteiger partial charge in [-0.25, -0.2) is 14.1 Å². The molecule has 0 saturated carbocycles. The van der Waals surface area contributed by atoms with Crippen LogP contribution in [0.1, 0.15) is 28.6 Å². The first kappa shape index (κ1) is 20.4. The minimum Gasteiger partial charge on any atom is -0.351 e. The lowest BCUT2D eigenvalue weighted by Gasteiger charge is -2.24. The summed E-state index contributed by atoms with van der Waals surface area (Å²) in [6, 6.07) is 8.74. The Morgan fingerprint density at radius 2 is 1.88 bits per heavy atom. The van der Waals surface area contributed by atoms with Crippen LogP contribution < -0.4 is 10.7 Å². The number of halogens is 4. The Kier molecular flexibility index (Phi) is 4.63. The van der Waals surface area contributed by atoms with E-state index in [4.69, 9.17) is 0 Å². The lowest BCUT2D eigenvalue weighted by molar-refractivity contribution is -0.137. The van der Waals surface area contributed by atoms with Gasteiger partial charge in [-0.15, -0.1) is 5.10 Å². The minimum absolute atomic E-state index is 0.237. The molecule has 0 aliphatic carbocycles. The molecular formula is C22H17F4N5O. The summed E-state index contributed by atoms with van der Waals surface area (Å²) in [5.74, 6) is 0.476. The SMILES string of the molecule is Cc1c(-c2nc3n(n2)CC(c2ccc(C(F)(F)F)cc2)NC3)[nH]c2ccc(F)cc2c1=O. The normalized spacial score (nSPS) is 16.3. The summed E-state index contributed by atoms with van der Waals surface area (Å²) >= 11 is 0. The number of alkyl halides is 3. The second kappa shape index (κ2) is 7.27. The number of rotatable bonds is 2. The van der Waals surface area contributed by atoms with E-state index >= 15 is 0 Å². The molecule has 3 heterocycles. The van der Waals surface area contributed by atoms with Crippen molar-refractivity contribution in [1.82, 2.24) is 25.1 Å².